The van der Waals surface area contributed by atoms with Crippen LogP contribution < -0.4 is 10.5 Å². The maximum absolute atomic E-state index is 13.0. The van der Waals surface area contributed by atoms with Crippen LogP contribution in [0, 0.1) is 0 Å². The summed E-state index contributed by atoms with van der Waals surface area (Å²) in [7, 11) is 1.25. The quantitative estimate of drug-likeness (QED) is 0.524. The standard InChI is InChI=1S/C19H19F4NO4/c1-27-17(26)13-7-5-12(6-8-13)16(25)15(24)10-11-3-2-4-14(9-11)28-19(22,23)18(20)21/h2-9,15-16,18,25H,10,24H2,1H3. The van der Waals surface area contributed by atoms with Crippen LogP contribution in [0.1, 0.15) is 27.6 Å². The Balaban J connectivity index is 2.06. The summed E-state index contributed by atoms with van der Waals surface area (Å²) >= 11 is 0. The van der Waals surface area contributed by atoms with Gasteiger partial charge in [0, 0.05) is 6.04 Å². The van der Waals surface area contributed by atoms with Crippen molar-refractivity contribution in [2.45, 2.75) is 31.1 Å². The maximum Gasteiger partial charge on any atom is 0.461 e. The van der Waals surface area contributed by atoms with Crippen LogP contribution in [0.3, 0.4) is 0 Å². The van der Waals surface area contributed by atoms with Gasteiger partial charge in [-0.25, -0.2) is 4.79 Å². The second-order valence-electron chi connectivity index (χ2n) is 6.04. The number of ether oxygens (including phenoxy) is 2. The molecule has 0 heterocycles. The predicted molar refractivity (Wildman–Crippen MR) is 92.4 cm³/mol. The molecule has 152 valence electrons. The fourth-order valence-corrected chi connectivity index (χ4v) is 2.50. The van der Waals surface area contributed by atoms with E-state index in [4.69, 9.17) is 5.73 Å². The Labute approximate surface area is 158 Å². The molecule has 2 aromatic rings. The van der Waals surface area contributed by atoms with Gasteiger partial charge in [0.25, 0.3) is 0 Å². The van der Waals surface area contributed by atoms with Crippen molar-refractivity contribution >= 4 is 5.97 Å². The Kier molecular flexibility index (Phi) is 6.98. The van der Waals surface area contributed by atoms with Crippen molar-refractivity contribution in [3.63, 3.8) is 0 Å². The average Bonchev–Trinajstić information content (AvgIpc) is 2.66. The minimum absolute atomic E-state index is 0.0668. The molecule has 2 unspecified atom stereocenters. The minimum atomic E-state index is -4.61. The molecule has 2 rings (SSSR count). The number of hydrogen-bond acceptors (Lipinski definition) is 5. The third kappa shape index (κ3) is 5.43. The van der Waals surface area contributed by atoms with Crippen molar-refractivity contribution in [3.05, 3.63) is 65.2 Å². The van der Waals surface area contributed by atoms with Crippen molar-refractivity contribution in [2.24, 2.45) is 5.73 Å². The van der Waals surface area contributed by atoms with Gasteiger partial charge in [-0.1, -0.05) is 24.3 Å². The third-order valence-electron chi connectivity index (χ3n) is 3.96. The predicted octanol–water partition coefficient (Wildman–Crippen LogP) is 3.31. The SMILES string of the molecule is COC(=O)c1ccc(C(O)C(N)Cc2cccc(OC(F)(F)C(F)F)c2)cc1. The molecule has 0 aromatic heterocycles. The van der Waals surface area contributed by atoms with E-state index in [1.807, 2.05) is 0 Å². The van der Waals surface area contributed by atoms with E-state index in [-0.39, 0.29) is 6.42 Å². The molecule has 0 amide bonds. The van der Waals surface area contributed by atoms with Crippen molar-refractivity contribution < 1.29 is 36.9 Å². The molecule has 0 spiro atoms. The topological polar surface area (TPSA) is 81.8 Å². The highest BCUT2D eigenvalue weighted by molar-refractivity contribution is 5.89. The van der Waals surface area contributed by atoms with Crippen molar-refractivity contribution in [1.82, 2.24) is 0 Å². The number of benzene rings is 2. The zero-order chi connectivity index (χ0) is 20.9. The number of halogens is 4. The number of carbonyl (C=O) groups excluding carboxylic acids is 1. The number of rotatable bonds is 8. The van der Waals surface area contributed by atoms with Gasteiger partial charge in [0.1, 0.15) is 5.75 Å². The largest absolute Gasteiger partial charge is 0.465 e. The van der Waals surface area contributed by atoms with E-state index in [0.717, 1.165) is 12.1 Å². The summed E-state index contributed by atoms with van der Waals surface area (Å²) in [6.45, 7) is 0. The molecule has 0 bridgehead atoms. The highest BCUT2D eigenvalue weighted by Crippen LogP contribution is 2.28. The molecule has 3 N–H and O–H groups in total. The van der Waals surface area contributed by atoms with Crippen molar-refractivity contribution in [3.8, 4) is 5.75 Å². The number of alkyl halides is 4. The number of methoxy groups -OCH3 is 1. The van der Waals surface area contributed by atoms with Crippen LogP contribution in [0.15, 0.2) is 48.5 Å². The molecule has 0 radical (unpaired) electrons. The first-order valence-electron chi connectivity index (χ1n) is 8.20. The van der Waals surface area contributed by atoms with Crippen LogP contribution in [0.5, 0.6) is 5.75 Å². The molecule has 0 saturated heterocycles. The van der Waals surface area contributed by atoms with Gasteiger partial charge >= 0.3 is 18.5 Å². The van der Waals surface area contributed by atoms with Crippen LogP contribution in [-0.2, 0) is 11.2 Å². The molecule has 2 atom stereocenters. The zero-order valence-corrected chi connectivity index (χ0v) is 14.8. The Morgan fingerprint density at radius 1 is 1.18 bits per heavy atom. The number of carbonyl (C=O) groups is 1. The third-order valence-corrected chi connectivity index (χ3v) is 3.96. The van der Waals surface area contributed by atoms with Crippen LogP contribution in [-0.4, -0.2) is 36.8 Å². The van der Waals surface area contributed by atoms with E-state index >= 15 is 0 Å². The van der Waals surface area contributed by atoms with Crippen LogP contribution >= 0.6 is 0 Å². The minimum Gasteiger partial charge on any atom is -0.465 e. The lowest BCUT2D eigenvalue weighted by Crippen LogP contribution is -2.33. The van der Waals surface area contributed by atoms with Gasteiger partial charge < -0.3 is 20.3 Å². The lowest BCUT2D eigenvalue weighted by Gasteiger charge is -2.20. The Bertz CT molecular complexity index is 799. The molecule has 5 nitrogen and oxygen atoms in total. The summed E-state index contributed by atoms with van der Waals surface area (Å²) in [4.78, 5) is 11.4. The Morgan fingerprint density at radius 2 is 1.82 bits per heavy atom. The highest BCUT2D eigenvalue weighted by Gasteiger charge is 2.44. The van der Waals surface area contributed by atoms with Crippen LogP contribution in [0.25, 0.3) is 0 Å². The second kappa shape index (κ2) is 9.03. The first-order chi connectivity index (χ1) is 13.1. The smallest absolute Gasteiger partial charge is 0.461 e. The molecule has 0 aliphatic carbocycles. The van der Waals surface area contributed by atoms with Crippen molar-refractivity contribution in [1.29, 1.82) is 0 Å². The molecule has 0 aliphatic rings. The number of aliphatic hydroxyl groups excluding tert-OH is 1. The molecule has 28 heavy (non-hydrogen) atoms. The number of aliphatic hydroxyl groups is 1. The summed E-state index contributed by atoms with van der Waals surface area (Å²) in [5.74, 6) is -0.963. The van der Waals surface area contributed by atoms with Gasteiger partial charge in [0.2, 0.25) is 0 Å². The summed E-state index contributed by atoms with van der Waals surface area (Å²) in [6, 6.07) is 10.3. The van der Waals surface area contributed by atoms with Gasteiger partial charge in [-0.05, 0) is 41.8 Å². The fourth-order valence-electron chi connectivity index (χ4n) is 2.50. The molecular formula is C19H19F4NO4. The molecule has 9 heteroatoms. The average molecular weight is 401 g/mol. The molecule has 0 fully saturated rings. The van der Waals surface area contributed by atoms with Crippen LogP contribution in [0.2, 0.25) is 0 Å². The zero-order valence-electron chi connectivity index (χ0n) is 14.8. The molecular weight excluding hydrogens is 382 g/mol. The number of hydrogen-bond donors (Lipinski definition) is 2. The number of esters is 1. The van der Waals surface area contributed by atoms with E-state index in [0.29, 0.717) is 16.7 Å². The van der Waals surface area contributed by atoms with Crippen LogP contribution in [0.4, 0.5) is 17.6 Å². The summed E-state index contributed by atoms with van der Waals surface area (Å²) in [5, 5.41) is 10.4. The molecule has 0 aliphatic heterocycles. The molecule has 0 saturated carbocycles. The lowest BCUT2D eigenvalue weighted by molar-refractivity contribution is -0.253. The van der Waals surface area contributed by atoms with Gasteiger partial charge in [-0.3, -0.25) is 0 Å². The first kappa shape index (κ1) is 21.6. The van der Waals surface area contributed by atoms with Gasteiger partial charge in [-0.15, -0.1) is 0 Å². The van der Waals surface area contributed by atoms with Gasteiger partial charge in [0.05, 0.1) is 18.8 Å². The van der Waals surface area contributed by atoms with E-state index < -0.39 is 36.4 Å². The van der Waals surface area contributed by atoms with E-state index in [1.54, 1.807) is 6.07 Å². The summed E-state index contributed by atoms with van der Waals surface area (Å²) < 4.78 is 59.2. The van der Waals surface area contributed by atoms with E-state index in [1.165, 1.54) is 37.4 Å². The van der Waals surface area contributed by atoms with E-state index in [2.05, 4.69) is 9.47 Å². The monoisotopic (exact) mass is 401 g/mol. The Morgan fingerprint density at radius 3 is 2.39 bits per heavy atom. The summed E-state index contributed by atoms with van der Waals surface area (Å²) in [5.41, 5.74) is 7.14. The second-order valence-corrected chi connectivity index (χ2v) is 6.04. The first-order valence-corrected chi connectivity index (χ1v) is 8.20. The van der Waals surface area contributed by atoms with Gasteiger partial charge in [0.15, 0.2) is 0 Å². The van der Waals surface area contributed by atoms with E-state index in [9.17, 15) is 27.5 Å². The van der Waals surface area contributed by atoms with Crippen molar-refractivity contribution in [2.75, 3.05) is 7.11 Å². The highest BCUT2D eigenvalue weighted by atomic mass is 19.3. The lowest BCUT2D eigenvalue weighted by atomic mass is 9.96. The normalized spacial score (nSPS) is 13.9. The Hall–Kier alpha value is -2.65. The summed E-state index contributed by atoms with van der Waals surface area (Å²) in [6.07, 6.45) is -9.62. The van der Waals surface area contributed by atoms with Gasteiger partial charge in [-0.2, -0.15) is 17.6 Å². The number of nitrogens with two attached hydrogens (primary N) is 1. The maximum atomic E-state index is 13.0. The fraction of sp³-hybridized carbons (Fsp3) is 0.316. The molecule has 2 aromatic carbocycles.